The van der Waals surface area contributed by atoms with Crippen molar-refractivity contribution >= 4 is 27.5 Å². The van der Waals surface area contributed by atoms with Gasteiger partial charge in [0, 0.05) is 12.6 Å². The van der Waals surface area contributed by atoms with Crippen LogP contribution in [0.25, 0.3) is 0 Å². The Labute approximate surface area is 207 Å². The molecule has 35 heavy (non-hydrogen) atoms. The Morgan fingerprint density at radius 1 is 1.09 bits per heavy atom. The number of carbonyl (C=O) groups is 2. The first kappa shape index (κ1) is 28.1. The number of rotatable bonds is 12. The van der Waals surface area contributed by atoms with Crippen LogP contribution in [0.15, 0.2) is 48.5 Å². The second kappa shape index (κ2) is 12.5. The van der Waals surface area contributed by atoms with E-state index in [9.17, 15) is 22.4 Å². The molecule has 0 radical (unpaired) electrons. The van der Waals surface area contributed by atoms with Crippen molar-refractivity contribution in [2.45, 2.75) is 52.2 Å². The van der Waals surface area contributed by atoms with E-state index in [2.05, 4.69) is 5.32 Å². The van der Waals surface area contributed by atoms with Crippen LogP contribution in [-0.2, 0) is 26.2 Å². The van der Waals surface area contributed by atoms with Crippen molar-refractivity contribution < 1.29 is 27.1 Å². The maximum absolute atomic E-state index is 13.6. The summed E-state index contributed by atoms with van der Waals surface area (Å²) in [6.07, 6.45) is 2.02. The minimum absolute atomic E-state index is 0.0729. The summed E-state index contributed by atoms with van der Waals surface area (Å²) in [6.45, 7) is 5.14. The number of carbonyl (C=O) groups excluding carboxylic acids is 2. The van der Waals surface area contributed by atoms with Crippen LogP contribution in [0.3, 0.4) is 0 Å². The number of sulfonamides is 1. The van der Waals surface area contributed by atoms with Crippen LogP contribution >= 0.6 is 0 Å². The minimum atomic E-state index is -3.88. The number of nitrogens with one attached hydrogen (secondary N) is 1. The summed E-state index contributed by atoms with van der Waals surface area (Å²) in [7, 11) is -2.34. The molecule has 1 N–H and O–H groups in total. The topological polar surface area (TPSA) is 96.0 Å². The fourth-order valence-electron chi connectivity index (χ4n) is 3.55. The summed E-state index contributed by atoms with van der Waals surface area (Å²) in [5.41, 5.74) is 0.876. The maximum atomic E-state index is 13.6. The highest BCUT2D eigenvalue weighted by Crippen LogP contribution is 2.21. The quantitative estimate of drug-likeness (QED) is 0.476. The number of nitrogens with zero attached hydrogens (tertiary/aromatic N) is 2. The number of anilines is 1. The maximum Gasteiger partial charge on any atom is 0.244 e. The molecule has 0 aliphatic rings. The van der Waals surface area contributed by atoms with E-state index in [4.69, 9.17) is 4.74 Å². The summed E-state index contributed by atoms with van der Waals surface area (Å²) in [5, 5.41) is 2.91. The lowest BCUT2D eigenvalue weighted by Crippen LogP contribution is -2.53. The standard InChI is InChI=1S/C25H34FN3O5S/c1-6-18(3)27-25(31)23(7-2)28(16-19-9-8-10-22(15-19)34-4)24(30)17-29(35(5,32)33)21-13-11-20(26)12-14-21/h8-15,18,23H,6-7,16-17H2,1-5H3,(H,27,31)/t18-,23-/m1/s1. The molecule has 8 nitrogen and oxygen atoms in total. The Morgan fingerprint density at radius 2 is 1.74 bits per heavy atom. The van der Waals surface area contributed by atoms with E-state index in [1.165, 1.54) is 24.1 Å². The zero-order valence-electron chi connectivity index (χ0n) is 20.8. The molecule has 0 aliphatic heterocycles. The number of ether oxygens (including phenoxy) is 1. The zero-order valence-corrected chi connectivity index (χ0v) is 21.6. The SMILES string of the molecule is CC[C@@H](C)NC(=O)[C@@H](CC)N(Cc1cccc(OC)c1)C(=O)CN(c1ccc(F)cc1)S(C)(=O)=O. The molecule has 0 unspecified atom stereocenters. The first-order chi connectivity index (χ1) is 16.5. The summed E-state index contributed by atoms with van der Waals surface area (Å²) >= 11 is 0. The number of amides is 2. The van der Waals surface area contributed by atoms with Gasteiger partial charge in [-0.1, -0.05) is 26.0 Å². The molecule has 0 aromatic heterocycles. The molecule has 2 rings (SSSR count). The molecule has 2 aromatic rings. The van der Waals surface area contributed by atoms with E-state index >= 15 is 0 Å². The van der Waals surface area contributed by atoms with Crippen LogP contribution in [0, 0.1) is 5.82 Å². The van der Waals surface area contributed by atoms with Gasteiger partial charge in [0.05, 0.1) is 19.1 Å². The molecule has 192 valence electrons. The molecule has 0 saturated carbocycles. The van der Waals surface area contributed by atoms with Crippen molar-refractivity contribution in [2.24, 2.45) is 0 Å². The zero-order chi connectivity index (χ0) is 26.2. The third kappa shape index (κ3) is 7.95. The highest BCUT2D eigenvalue weighted by atomic mass is 32.2. The van der Waals surface area contributed by atoms with Gasteiger partial charge in [0.25, 0.3) is 0 Å². The van der Waals surface area contributed by atoms with Gasteiger partial charge < -0.3 is 15.0 Å². The van der Waals surface area contributed by atoms with Gasteiger partial charge in [0.1, 0.15) is 24.2 Å². The number of hydrogen-bond acceptors (Lipinski definition) is 5. The van der Waals surface area contributed by atoms with E-state index < -0.39 is 34.3 Å². The molecule has 0 aliphatic carbocycles. The monoisotopic (exact) mass is 507 g/mol. The normalized spacial score (nSPS) is 13.0. The third-order valence-electron chi connectivity index (χ3n) is 5.67. The highest BCUT2D eigenvalue weighted by molar-refractivity contribution is 7.92. The molecule has 2 amide bonds. The number of hydrogen-bond donors (Lipinski definition) is 1. The van der Waals surface area contributed by atoms with Crippen LogP contribution in [0.1, 0.15) is 39.2 Å². The van der Waals surface area contributed by atoms with Crippen molar-refractivity contribution in [3.05, 3.63) is 59.9 Å². The van der Waals surface area contributed by atoms with E-state index in [1.54, 1.807) is 31.2 Å². The first-order valence-electron chi connectivity index (χ1n) is 11.5. The summed E-state index contributed by atoms with van der Waals surface area (Å²) in [6, 6.07) is 11.0. The molecule has 0 heterocycles. The Balaban J connectivity index is 2.44. The third-order valence-corrected chi connectivity index (χ3v) is 6.81. The number of halogens is 1. The van der Waals surface area contributed by atoms with Gasteiger partial charge >= 0.3 is 0 Å². The van der Waals surface area contributed by atoms with Crippen molar-refractivity contribution in [1.82, 2.24) is 10.2 Å². The summed E-state index contributed by atoms with van der Waals surface area (Å²) < 4.78 is 44.7. The molecule has 2 atom stereocenters. The lowest BCUT2D eigenvalue weighted by atomic mass is 10.1. The van der Waals surface area contributed by atoms with Gasteiger partial charge in [0.15, 0.2) is 0 Å². The van der Waals surface area contributed by atoms with Crippen LogP contribution < -0.4 is 14.4 Å². The fraction of sp³-hybridized carbons (Fsp3) is 0.440. The lowest BCUT2D eigenvalue weighted by Gasteiger charge is -2.33. The first-order valence-corrected chi connectivity index (χ1v) is 13.3. The molecule has 0 fully saturated rings. The van der Waals surface area contributed by atoms with Crippen molar-refractivity contribution in [3.8, 4) is 5.75 Å². The van der Waals surface area contributed by atoms with E-state index in [0.29, 0.717) is 12.2 Å². The van der Waals surface area contributed by atoms with Gasteiger partial charge in [-0.3, -0.25) is 13.9 Å². The Hall–Kier alpha value is -3.14. The highest BCUT2D eigenvalue weighted by Gasteiger charge is 2.32. The van der Waals surface area contributed by atoms with E-state index in [1.807, 2.05) is 13.8 Å². The van der Waals surface area contributed by atoms with Gasteiger partial charge in [0.2, 0.25) is 21.8 Å². The molecule has 0 bridgehead atoms. The molecule has 10 heteroatoms. The molecular formula is C25H34FN3O5S. The van der Waals surface area contributed by atoms with Gasteiger partial charge in [-0.05, 0) is 61.7 Å². The van der Waals surface area contributed by atoms with Crippen LogP contribution in [-0.4, -0.2) is 57.1 Å². The lowest BCUT2D eigenvalue weighted by molar-refractivity contribution is -0.140. The van der Waals surface area contributed by atoms with Crippen molar-refractivity contribution in [3.63, 3.8) is 0 Å². The smallest absolute Gasteiger partial charge is 0.244 e. The molecule has 0 spiro atoms. The predicted octanol–water partition coefficient (Wildman–Crippen LogP) is 3.32. The van der Waals surface area contributed by atoms with Gasteiger partial charge in [-0.15, -0.1) is 0 Å². The second-order valence-corrected chi connectivity index (χ2v) is 10.3. The fourth-order valence-corrected chi connectivity index (χ4v) is 4.40. The van der Waals surface area contributed by atoms with Crippen molar-refractivity contribution in [1.29, 1.82) is 0 Å². The average molecular weight is 508 g/mol. The van der Waals surface area contributed by atoms with Crippen molar-refractivity contribution in [2.75, 3.05) is 24.2 Å². The van der Waals surface area contributed by atoms with Crippen LogP contribution in [0.2, 0.25) is 0 Å². The Kier molecular flexibility index (Phi) is 10.1. The second-order valence-electron chi connectivity index (χ2n) is 8.36. The molecule has 0 saturated heterocycles. The van der Waals surface area contributed by atoms with Gasteiger partial charge in [-0.2, -0.15) is 0 Å². The Bertz CT molecular complexity index is 1110. The average Bonchev–Trinajstić information content (AvgIpc) is 2.82. The Morgan fingerprint density at radius 3 is 2.29 bits per heavy atom. The molecular weight excluding hydrogens is 473 g/mol. The number of methoxy groups -OCH3 is 1. The number of benzene rings is 2. The minimum Gasteiger partial charge on any atom is -0.497 e. The van der Waals surface area contributed by atoms with E-state index in [-0.39, 0.29) is 24.2 Å². The molecule has 2 aromatic carbocycles. The summed E-state index contributed by atoms with van der Waals surface area (Å²) in [4.78, 5) is 28.1. The predicted molar refractivity (Wildman–Crippen MR) is 134 cm³/mol. The van der Waals surface area contributed by atoms with E-state index in [0.717, 1.165) is 34.7 Å². The largest absolute Gasteiger partial charge is 0.497 e. The summed E-state index contributed by atoms with van der Waals surface area (Å²) in [5.74, 6) is -0.809. The van der Waals surface area contributed by atoms with Gasteiger partial charge in [-0.25, -0.2) is 12.8 Å². The van der Waals surface area contributed by atoms with Crippen LogP contribution in [0.5, 0.6) is 5.75 Å². The van der Waals surface area contributed by atoms with Crippen LogP contribution in [0.4, 0.5) is 10.1 Å².